The molecule has 2 heteroatoms. The van der Waals surface area contributed by atoms with Crippen LogP contribution in [0.1, 0.15) is 52.5 Å². The number of para-hydroxylation sites is 1. The predicted molar refractivity (Wildman–Crippen MR) is 125 cm³/mol. The number of allylic oxidation sites excluding steroid dienone is 4. The Morgan fingerprint density at radius 2 is 2.00 bits per heavy atom. The van der Waals surface area contributed by atoms with Gasteiger partial charge in [0.15, 0.2) is 0 Å². The molecule has 0 N–H and O–H groups in total. The molecule has 0 aliphatic heterocycles. The summed E-state index contributed by atoms with van der Waals surface area (Å²) in [5.74, 6) is 2.69. The van der Waals surface area contributed by atoms with Crippen molar-refractivity contribution in [1.82, 2.24) is 0 Å². The van der Waals surface area contributed by atoms with E-state index in [1.807, 2.05) is 6.08 Å². The van der Waals surface area contributed by atoms with Gasteiger partial charge in [0.2, 0.25) is 0 Å². The fraction of sp³-hybridized carbons (Fsp3) is 0.538. The van der Waals surface area contributed by atoms with Gasteiger partial charge in [-0.3, -0.25) is 0 Å². The highest BCUT2D eigenvalue weighted by Crippen LogP contribution is 2.54. The number of hydrogen-bond donors (Lipinski definition) is 0. The summed E-state index contributed by atoms with van der Waals surface area (Å²) in [6, 6.07) is 6.87. The largest absolute Gasteiger partial charge is 0.489 e. The summed E-state index contributed by atoms with van der Waals surface area (Å²) >= 11 is 0. The Bertz CT molecular complexity index is 778. The Kier molecular flexibility index (Phi) is 6.10. The van der Waals surface area contributed by atoms with Gasteiger partial charge in [0.25, 0.3) is 0 Å². The molecule has 1 nitrogen and oxygen atoms in total. The van der Waals surface area contributed by atoms with Gasteiger partial charge in [0.1, 0.15) is 12.4 Å². The van der Waals surface area contributed by atoms with Crippen LogP contribution in [-0.4, -0.2) is 14.7 Å². The standard InChI is InChI=1S/C26H38OSi/c1-8-17-27-24-22(26(3,4)5)15-12-16-23(24)28(6,7)25-19(9-2)18-20-13-10-11-14-21(20)25/h8,10-12,14-16,19-20,25H,1,9,13,17-18H2,2-7H3. The van der Waals surface area contributed by atoms with E-state index in [2.05, 4.69) is 83.8 Å². The maximum atomic E-state index is 6.38. The van der Waals surface area contributed by atoms with E-state index in [1.165, 1.54) is 30.0 Å². The van der Waals surface area contributed by atoms with Crippen molar-refractivity contribution in [3.8, 4) is 5.75 Å². The molecule has 1 aromatic carbocycles. The van der Waals surface area contributed by atoms with Crippen molar-refractivity contribution in [2.75, 3.05) is 6.61 Å². The Balaban J connectivity index is 2.13. The van der Waals surface area contributed by atoms with E-state index in [-0.39, 0.29) is 5.41 Å². The van der Waals surface area contributed by atoms with Crippen molar-refractivity contribution in [2.24, 2.45) is 11.8 Å². The van der Waals surface area contributed by atoms with E-state index >= 15 is 0 Å². The number of hydrogen-bond acceptors (Lipinski definition) is 1. The quantitative estimate of drug-likeness (QED) is 0.382. The molecule has 3 atom stereocenters. The van der Waals surface area contributed by atoms with Crippen molar-refractivity contribution < 1.29 is 4.74 Å². The van der Waals surface area contributed by atoms with Crippen LogP contribution in [-0.2, 0) is 5.41 Å². The minimum absolute atomic E-state index is 0.0617. The lowest BCUT2D eigenvalue weighted by molar-refractivity contribution is 0.353. The Morgan fingerprint density at radius 1 is 1.25 bits per heavy atom. The van der Waals surface area contributed by atoms with Crippen LogP contribution in [0.2, 0.25) is 18.6 Å². The van der Waals surface area contributed by atoms with Crippen LogP contribution in [0.15, 0.2) is 54.7 Å². The van der Waals surface area contributed by atoms with Crippen LogP contribution >= 0.6 is 0 Å². The molecule has 0 spiro atoms. The lowest BCUT2D eigenvalue weighted by Gasteiger charge is -2.38. The molecule has 0 aromatic heterocycles. The third-order valence-electron chi connectivity index (χ3n) is 6.90. The first-order chi connectivity index (χ1) is 13.2. The molecular formula is C26H38OSi. The lowest BCUT2D eigenvalue weighted by atomic mass is 9.86. The molecule has 1 saturated carbocycles. The van der Waals surface area contributed by atoms with Gasteiger partial charge in [-0.15, -0.1) is 0 Å². The van der Waals surface area contributed by atoms with Gasteiger partial charge in [-0.25, -0.2) is 0 Å². The summed E-state index contributed by atoms with van der Waals surface area (Å²) in [6.45, 7) is 18.9. The van der Waals surface area contributed by atoms with Gasteiger partial charge < -0.3 is 4.74 Å². The molecule has 0 saturated heterocycles. The van der Waals surface area contributed by atoms with E-state index in [1.54, 1.807) is 5.57 Å². The van der Waals surface area contributed by atoms with Crippen LogP contribution in [0.25, 0.3) is 0 Å². The van der Waals surface area contributed by atoms with Crippen LogP contribution in [0.5, 0.6) is 5.75 Å². The van der Waals surface area contributed by atoms with Crippen LogP contribution < -0.4 is 9.92 Å². The van der Waals surface area contributed by atoms with Crippen LogP contribution in [0, 0.1) is 11.8 Å². The maximum absolute atomic E-state index is 6.38. The lowest BCUT2D eigenvalue weighted by Crippen LogP contribution is -2.49. The molecule has 1 aromatic rings. The van der Waals surface area contributed by atoms with E-state index in [4.69, 9.17) is 4.74 Å². The zero-order chi connectivity index (χ0) is 20.5. The molecule has 0 radical (unpaired) electrons. The predicted octanol–water partition coefficient (Wildman–Crippen LogP) is 6.77. The van der Waals surface area contributed by atoms with Gasteiger partial charge in [-0.1, -0.05) is 102 Å². The molecule has 28 heavy (non-hydrogen) atoms. The third-order valence-corrected chi connectivity index (χ3v) is 11.0. The molecule has 0 heterocycles. The summed E-state index contributed by atoms with van der Waals surface area (Å²) in [7, 11) is -1.80. The van der Waals surface area contributed by atoms with Crippen molar-refractivity contribution in [3.63, 3.8) is 0 Å². The molecule has 0 amide bonds. The number of ether oxygens (including phenoxy) is 1. The summed E-state index contributed by atoms with van der Waals surface area (Å²) in [5, 5.41) is 1.49. The Morgan fingerprint density at radius 3 is 2.64 bits per heavy atom. The van der Waals surface area contributed by atoms with Crippen LogP contribution in [0.3, 0.4) is 0 Å². The van der Waals surface area contributed by atoms with Gasteiger partial charge in [0.05, 0.1) is 8.07 Å². The maximum Gasteiger partial charge on any atom is 0.122 e. The third kappa shape index (κ3) is 3.81. The van der Waals surface area contributed by atoms with Gasteiger partial charge >= 0.3 is 0 Å². The molecule has 2 aliphatic rings. The van der Waals surface area contributed by atoms with E-state index in [0.717, 1.165) is 17.6 Å². The normalized spacial score (nSPS) is 24.6. The minimum Gasteiger partial charge on any atom is -0.489 e. The average Bonchev–Trinajstić information content (AvgIpc) is 3.04. The minimum atomic E-state index is -1.80. The highest BCUT2D eigenvalue weighted by molar-refractivity contribution is 6.92. The van der Waals surface area contributed by atoms with E-state index < -0.39 is 8.07 Å². The summed E-state index contributed by atoms with van der Waals surface area (Å²) in [5.41, 5.74) is 3.81. The molecule has 152 valence electrons. The Labute approximate surface area is 173 Å². The van der Waals surface area contributed by atoms with Gasteiger partial charge in [-0.2, -0.15) is 0 Å². The molecule has 0 bridgehead atoms. The van der Waals surface area contributed by atoms with Crippen molar-refractivity contribution in [3.05, 3.63) is 60.2 Å². The second-order valence-electron chi connectivity index (χ2n) is 10.2. The highest BCUT2D eigenvalue weighted by Gasteiger charge is 2.48. The fourth-order valence-corrected chi connectivity index (χ4v) is 9.93. The first-order valence-electron chi connectivity index (χ1n) is 11.0. The fourth-order valence-electron chi connectivity index (χ4n) is 5.57. The highest BCUT2D eigenvalue weighted by atomic mass is 28.3. The van der Waals surface area contributed by atoms with Crippen LogP contribution in [0.4, 0.5) is 0 Å². The van der Waals surface area contributed by atoms with Gasteiger partial charge in [0, 0.05) is 0 Å². The topological polar surface area (TPSA) is 9.23 Å². The first-order valence-corrected chi connectivity index (χ1v) is 14.0. The number of rotatable bonds is 6. The SMILES string of the molecule is C=CCOc1c(C(C)(C)C)cccc1[Si](C)(C)C1C2=CC=CCC2CC1CC. The second-order valence-corrected chi connectivity index (χ2v) is 14.8. The van der Waals surface area contributed by atoms with Crippen molar-refractivity contribution in [2.45, 2.75) is 71.0 Å². The summed E-state index contributed by atoms with van der Waals surface area (Å²) in [4.78, 5) is 0. The average molecular weight is 395 g/mol. The zero-order valence-electron chi connectivity index (χ0n) is 18.7. The monoisotopic (exact) mass is 394 g/mol. The summed E-state index contributed by atoms with van der Waals surface area (Å²) < 4.78 is 6.38. The van der Waals surface area contributed by atoms with Crippen molar-refractivity contribution in [1.29, 1.82) is 0 Å². The van der Waals surface area contributed by atoms with E-state index in [0.29, 0.717) is 12.1 Å². The molecule has 2 aliphatic carbocycles. The number of fused-ring (bicyclic) bond motifs is 1. The smallest absolute Gasteiger partial charge is 0.122 e. The van der Waals surface area contributed by atoms with Crippen molar-refractivity contribution >= 4 is 13.3 Å². The second kappa shape index (κ2) is 8.06. The first kappa shape index (κ1) is 21.2. The summed E-state index contributed by atoms with van der Waals surface area (Å²) in [6.07, 6.45) is 12.8. The van der Waals surface area contributed by atoms with Gasteiger partial charge in [-0.05, 0) is 46.4 Å². The molecular weight excluding hydrogens is 356 g/mol. The van der Waals surface area contributed by atoms with E-state index in [9.17, 15) is 0 Å². The molecule has 3 unspecified atom stereocenters. The number of benzene rings is 1. The molecule has 1 fully saturated rings. The zero-order valence-corrected chi connectivity index (χ0v) is 19.7. The Hall–Kier alpha value is -1.54. The molecule has 3 rings (SSSR count).